The molecule has 0 saturated heterocycles. The van der Waals surface area contributed by atoms with Crippen LogP contribution in [-0.4, -0.2) is 52.6 Å². The Morgan fingerprint density at radius 3 is 1.41 bits per heavy atom. The van der Waals surface area contributed by atoms with E-state index in [9.17, 15) is 10.2 Å². The number of aryl methyl sites for hydroxylation is 4. The molecule has 2 N–H and O–H groups in total. The first-order valence-corrected chi connectivity index (χ1v) is 42.4. The maximum Gasteiger partial charge on any atom is 0.158 e. The molecular weight excluding hydrogens is 1390 g/mol. The highest BCUT2D eigenvalue weighted by Gasteiger charge is 2.27. The first kappa shape index (κ1) is 68.9. The Kier molecular flexibility index (Phi) is 20.4. The number of nitrogens with zero attached hydrogens (tertiary/aromatic N) is 2. The van der Waals surface area contributed by atoms with Gasteiger partial charge in [-0.1, -0.05) is 141 Å². The van der Waals surface area contributed by atoms with Crippen molar-refractivity contribution in [1.82, 2.24) is 9.13 Å². The number of thiophene rings is 2. The summed E-state index contributed by atoms with van der Waals surface area (Å²) in [6.07, 6.45) is 2.32. The number of hydrogen-bond donors (Lipinski definition) is 2. The first-order chi connectivity index (χ1) is 47.5. The lowest BCUT2D eigenvalue weighted by atomic mass is 9.91. The van der Waals surface area contributed by atoms with Crippen molar-refractivity contribution in [2.24, 2.45) is 0 Å². The monoisotopic (exact) mass is 1470 g/mol. The highest BCUT2D eigenvalue weighted by atomic mass is 32.1. The van der Waals surface area contributed by atoms with Crippen LogP contribution >= 0.6 is 94.6 Å². The third-order valence-electron chi connectivity index (χ3n) is 19.1. The first-order valence-electron chi connectivity index (χ1n) is 33.0. The zero-order valence-electron chi connectivity index (χ0n) is 56.2. The quantitative estimate of drug-likeness (QED) is 0.0589. The van der Waals surface area contributed by atoms with Gasteiger partial charge in [-0.05, 0) is 237 Å². The van der Waals surface area contributed by atoms with Crippen LogP contribution in [0.3, 0.4) is 0 Å². The van der Waals surface area contributed by atoms with Crippen LogP contribution in [0.25, 0.3) is 109 Å². The van der Waals surface area contributed by atoms with E-state index in [1.165, 1.54) is 104 Å². The largest absolute Gasteiger partial charge is 0.504 e. The molecule has 0 spiro atoms. The van der Waals surface area contributed by atoms with Gasteiger partial charge < -0.3 is 19.7 Å². The molecule has 4 aromatic heterocycles. The van der Waals surface area contributed by atoms with Gasteiger partial charge in [-0.3, -0.25) is 9.13 Å². The van der Waals surface area contributed by atoms with Gasteiger partial charge in [0.1, 0.15) is 21.5 Å². The molecule has 0 aliphatic heterocycles. The van der Waals surface area contributed by atoms with Crippen molar-refractivity contribution < 1.29 is 19.7 Å². The number of rotatable bonds is 20. The predicted molar refractivity (Wildman–Crippen MR) is 453 cm³/mol. The molecular formula is C82H80N2O4P8S2. The molecule has 0 radical (unpaired) electrons. The molecule has 9 atom stereocenters. The maximum atomic E-state index is 12.6. The van der Waals surface area contributed by atoms with E-state index in [-0.39, 0.29) is 17.4 Å². The van der Waals surface area contributed by atoms with Crippen molar-refractivity contribution in [2.45, 2.75) is 59.5 Å². The van der Waals surface area contributed by atoms with Gasteiger partial charge in [0.25, 0.3) is 0 Å². The summed E-state index contributed by atoms with van der Waals surface area (Å²) in [6, 6.07) is 61.9. The highest BCUT2D eigenvalue weighted by molar-refractivity contribution is 7.48. The molecule has 10 aromatic carbocycles. The van der Waals surface area contributed by atoms with Crippen LogP contribution < -0.4 is 46.6 Å². The van der Waals surface area contributed by atoms with Gasteiger partial charge in [-0.2, -0.15) is 0 Å². The molecule has 494 valence electrons. The maximum absolute atomic E-state index is 12.6. The van der Waals surface area contributed by atoms with Crippen molar-refractivity contribution in [3.05, 3.63) is 220 Å². The Hall–Kier alpha value is -6.16. The van der Waals surface area contributed by atoms with Crippen LogP contribution in [0, 0.1) is 27.7 Å². The fourth-order valence-electron chi connectivity index (χ4n) is 14.6. The smallest absolute Gasteiger partial charge is 0.158 e. The zero-order valence-corrected chi connectivity index (χ0v) is 66.6. The van der Waals surface area contributed by atoms with Crippen LogP contribution in [0.15, 0.2) is 181 Å². The van der Waals surface area contributed by atoms with Crippen LogP contribution in [0.4, 0.5) is 0 Å². The summed E-state index contributed by atoms with van der Waals surface area (Å²) < 4.78 is 17.8. The SMILES string of the molecule is CPc1cc(C)c(-c2ccc3c(c2)c2cc(C(C)c4c(P)cc(C)cc4P)ccc2n3-c2scc(-c3ccccc3OCCCCOc3ccccc3-c3csc(-n4c5ccc(-c6c(P)cc(C)cc6CP)cc5c5cc(-c6c(P)cc(C)cc6PC)ccc54)c3O)c2O)c(PC)c1. The number of aromatic nitrogens is 2. The molecule has 0 saturated carbocycles. The number of benzene rings is 10. The number of para-hydroxylation sites is 2. The summed E-state index contributed by atoms with van der Waals surface area (Å²) in [5.41, 5.74) is 23.5. The van der Waals surface area contributed by atoms with E-state index >= 15 is 0 Å². The molecule has 0 bridgehead atoms. The van der Waals surface area contributed by atoms with Gasteiger partial charge in [0.15, 0.2) is 11.5 Å². The second-order valence-electron chi connectivity index (χ2n) is 25.6. The van der Waals surface area contributed by atoms with Crippen LogP contribution in [0.5, 0.6) is 23.0 Å². The molecule has 9 unspecified atom stereocenters. The number of hydrogen-bond acceptors (Lipinski definition) is 6. The van der Waals surface area contributed by atoms with E-state index in [1.807, 2.05) is 48.5 Å². The van der Waals surface area contributed by atoms with Crippen molar-refractivity contribution >= 4 is 175 Å². The molecule has 14 rings (SSSR count). The van der Waals surface area contributed by atoms with E-state index in [0.29, 0.717) is 41.9 Å². The molecule has 0 amide bonds. The van der Waals surface area contributed by atoms with Gasteiger partial charge in [-0.15, -0.1) is 68.9 Å². The Morgan fingerprint density at radius 1 is 0.459 bits per heavy atom. The molecule has 0 aliphatic carbocycles. The van der Waals surface area contributed by atoms with Gasteiger partial charge in [0, 0.05) is 60.5 Å². The van der Waals surface area contributed by atoms with Crippen LogP contribution in [-0.2, 0) is 6.16 Å². The average molecular weight is 1470 g/mol. The fourth-order valence-corrected chi connectivity index (χ4v) is 22.4. The second-order valence-corrected chi connectivity index (χ2v) is 33.3. The van der Waals surface area contributed by atoms with Crippen molar-refractivity contribution in [1.29, 1.82) is 0 Å². The van der Waals surface area contributed by atoms with Gasteiger partial charge in [0.2, 0.25) is 0 Å². The number of fused-ring (bicyclic) bond motifs is 6. The molecule has 14 aromatic rings. The Labute approximate surface area is 600 Å². The molecule has 16 heteroatoms. The normalized spacial score (nSPS) is 12.5. The lowest BCUT2D eigenvalue weighted by Crippen LogP contribution is -2.17. The summed E-state index contributed by atoms with van der Waals surface area (Å²) in [5.74, 6) is 1.99. The van der Waals surface area contributed by atoms with E-state index in [4.69, 9.17) is 9.47 Å². The van der Waals surface area contributed by atoms with Crippen molar-refractivity contribution in [2.75, 3.05) is 33.2 Å². The Morgan fingerprint density at radius 2 is 0.898 bits per heavy atom. The Bertz CT molecular complexity index is 5330. The number of ether oxygens (including phenoxy) is 2. The van der Waals surface area contributed by atoms with E-state index < -0.39 is 0 Å². The molecule has 98 heavy (non-hydrogen) atoms. The summed E-state index contributed by atoms with van der Waals surface area (Å²) >= 11 is 3.09. The summed E-state index contributed by atoms with van der Waals surface area (Å²) in [4.78, 5) is 0. The van der Waals surface area contributed by atoms with E-state index in [2.05, 4.69) is 242 Å². The third kappa shape index (κ3) is 12.9. The lowest BCUT2D eigenvalue weighted by Gasteiger charge is -2.19. The predicted octanol–water partition coefficient (Wildman–Crippen LogP) is 19.6. The topological polar surface area (TPSA) is 68.8 Å². The molecule has 4 heterocycles. The number of unbranched alkanes of at least 4 members (excludes halogenated alkanes) is 1. The van der Waals surface area contributed by atoms with Crippen molar-refractivity contribution in [3.63, 3.8) is 0 Å². The summed E-state index contributed by atoms with van der Waals surface area (Å²) in [5, 5.41) is 44.3. The van der Waals surface area contributed by atoms with E-state index in [1.54, 1.807) is 22.7 Å². The molecule has 6 nitrogen and oxygen atoms in total. The summed E-state index contributed by atoms with van der Waals surface area (Å²) in [7, 11) is 16.9. The van der Waals surface area contributed by atoms with Gasteiger partial charge >= 0.3 is 0 Å². The summed E-state index contributed by atoms with van der Waals surface area (Å²) in [6.45, 7) is 18.8. The molecule has 0 fully saturated rings. The second kappa shape index (κ2) is 29.1. The highest BCUT2D eigenvalue weighted by Crippen LogP contribution is 2.50. The fraction of sp³-hybridized carbons (Fsp3) is 0.171. The lowest BCUT2D eigenvalue weighted by molar-refractivity contribution is 0.267. The average Bonchev–Trinajstić information content (AvgIpc) is 1.58. The molecule has 0 aliphatic rings. The van der Waals surface area contributed by atoms with E-state index in [0.717, 1.165) is 109 Å². The minimum atomic E-state index is 0.139. The van der Waals surface area contributed by atoms with Crippen LogP contribution in [0.1, 0.15) is 64.6 Å². The standard InChI is InChI=1S/C82H80N2O4P8S2/c1-44-29-53(41-89)77(71(92)30-44)51-21-25-65-59(38-51)60-39-52(78-72(93)33-46(3)34-73(78)95-7)22-26-66(60)84(65)82-80(86)62(43-98-82)56-16-10-12-18-68(56)88-28-14-13-27-87-67-17-11-9-15-55(67)61-42-97-81(79(61)85)83-63-23-19-49(48(5)76-69(90)31-45(2)32-70(76)91)36-57(63)58-37-50(20-24-64(58)83)75-47(4)35-54(94-6)40-74(75)96-8/h9-12,15-26,29-40,42-43,48,85-86,94-96H,13-14,27-28,41,89-93H2,1-8H3. The van der Waals surface area contributed by atoms with Crippen molar-refractivity contribution in [3.8, 4) is 88.6 Å². The van der Waals surface area contributed by atoms with Crippen LogP contribution in [0.2, 0.25) is 0 Å². The number of aromatic hydroxyl groups is 2. The van der Waals surface area contributed by atoms with Gasteiger partial charge in [0.05, 0.1) is 35.3 Å². The zero-order chi connectivity index (χ0) is 68.4. The third-order valence-corrected chi connectivity index (χ3v) is 26.1. The minimum Gasteiger partial charge on any atom is -0.504 e. The Balaban J connectivity index is 0.722. The minimum absolute atomic E-state index is 0.139. The van der Waals surface area contributed by atoms with Gasteiger partial charge in [-0.25, -0.2) is 0 Å².